The van der Waals surface area contributed by atoms with Gasteiger partial charge in [0.15, 0.2) is 0 Å². The van der Waals surface area contributed by atoms with Gasteiger partial charge >= 0.3 is 0 Å². The number of thiophene rings is 1. The highest BCUT2D eigenvalue weighted by Crippen LogP contribution is 2.39. The highest BCUT2D eigenvalue weighted by Gasteiger charge is 2.35. The second-order valence-corrected chi connectivity index (χ2v) is 8.79. The predicted octanol–water partition coefficient (Wildman–Crippen LogP) is 5.74. The molecule has 5 heteroatoms. The minimum Gasteiger partial charge on any atom is -0.356 e. The third-order valence-electron chi connectivity index (χ3n) is 5.46. The Kier molecular flexibility index (Phi) is 4.49. The van der Waals surface area contributed by atoms with Crippen molar-refractivity contribution >= 4 is 39.9 Å². The standard InChI is InChI=1S/C23H20N2OS2/c1-27-16-10-8-15(9-11-16)22-21-18(17-5-2-3-6-19(17)24-21)12-13-25(22)23(26)20-7-4-14-28-20/h2-11,14,22,24H,12-13H2,1H3. The second-order valence-electron chi connectivity index (χ2n) is 6.96. The number of rotatable bonds is 3. The zero-order chi connectivity index (χ0) is 19.1. The molecule has 5 rings (SSSR count). The fourth-order valence-electron chi connectivity index (χ4n) is 4.13. The molecule has 0 aliphatic carbocycles. The summed E-state index contributed by atoms with van der Waals surface area (Å²) in [4.78, 5) is 21.0. The number of H-pyrrole nitrogens is 1. The molecule has 140 valence electrons. The molecule has 0 spiro atoms. The van der Waals surface area contributed by atoms with Crippen LogP contribution in [0.2, 0.25) is 0 Å². The largest absolute Gasteiger partial charge is 0.356 e. The van der Waals surface area contributed by atoms with Crippen LogP contribution in [0.1, 0.15) is 32.5 Å². The summed E-state index contributed by atoms with van der Waals surface area (Å²) in [5, 5.41) is 3.24. The molecule has 1 N–H and O–H groups in total. The minimum atomic E-state index is -0.0957. The highest BCUT2D eigenvalue weighted by atomic mass is 32.2. The van der Waals surface area contributed by atoms with Crippen molar-refractivity contribution in [2.24, 2.45) is 0 Å². The predicted molar refractivity (Wildman–Crippen MR) is 117 cm³/mol. The Bertz CT molecular complexity index is 1130. The van der Waals surface area contributed by atoms with Crippen molar-refractivity contribution in [3.8, 4) is 0 Å². The van der Waals surface area contributed by atoms with Crippen molar-refractivity contribution in [1.82, 2.24) is 9.88 Å². The molecule has 2 aromatic carbocycles. The monoisotopic (exact) mass is 404 g/mol. The van der Waals surface area contributed by atoms with Crippen molar-refractivity contribution in [2.45, 2.75) is 17.4 Å². The van der Waals surface area contributed by atoms with Crippen LogP contribution in [-0.2, 0) is 6.42 Å². The minimum absolute atomic E-state index is 0.0957. The van der Waals surface area contributed by atoms with Crippen LogP contribution in [0.3, 0.4) is 0 Å². The molecule has 28 heavy (non-hydrogen) atoms. The number of benzene rings is 2. The summed E-state index contributed by atoms with van der Waals surface area (Å²) < 4.78 is 0. The second kappa shape index (κ2) is 7.15. The fourth-order valence-corrected chi connectivity index (χ4v) is 5.22. The van der Waals surface area contributed by atoms with Gasteiger partial charge in [0.2, 0.25) is 0 Å². The molecule has 0 bridgehead atoms. The van der Waals surface area contributed by atoms with Crippen molar-refractivity contribution in [3.63, 3.8) is 0 Å². The van der Waals surface area contributed by atoms with Crippen molar-refractivity contribution in [2.75, 3.05) is 12.8 Å². The summed E-state index contributed by atoms with van der Waals surface area (Å²) in [7, 11) is 0. The summed E-state index contributed by atoms with van der Waals surface area (Å²) in [6.45, 7) is 0.723. The first-order chi connectivity index (χ1) is 13.8. The van der Waals surface area contributed by atoms with Gasteiger partial charge in [0.25, 0.3) is 5.91 Å². The van der Waals surface area contributed by atoms with Gasteiger partial charge in [-0.1, -0.05) is 36.4 Å². The van der Waals surface area contributed by atoms with Crippen molar-refractivity contribution < 1.29 is 4.79 Å². The van der Waals surface area contributed by atoms with Gasteiger partial charge in [-0.3, -0.25) is 4.79 Å². The molecule has 0 radical (unpaired) electrons. The lowest BCUT2D eigenvalue weighted by atomic mass is 9.92. The molecule has 4 aromatic rings. The summed E-state index contributed by atoms with van der Waals surface area (Å²) >= 11 is 3.24. The van der Waals surface area contributed by atoms with E-state index in [-0.39, 0.29) is 11.9 Å². The van der Waals surface area contributed by atoms with E-state index < -0.39 is 0 Å². The highest BCUT2D eigenvalue weighted by molar-refractivity contribution is 7.98. The number of amides is 1. The van der Waals surface area contributed by atoms with E-state index in [9.17, 15) is 4.79 Å². The molecule has 1 atom stereocenters. The smallest absolute Gasteiger partial charge is 0.264 e. The van der Waals surface area contributed by atoms with Gasteiger partial charge in [-0.2, -0.15) is 0 Å². The molecule has 3 nitrogen and oxygen atoms in total. The van der Waals surface area contributed by atoms with Crippen LogP contribution < -0.4 is 0 Å². The van der Waals surface area contributed by atoms with Crippen LogP contribution >= 0.6 is 23.1 Å². The molecule has 1 amide bonds. The Morgan fingerprint density at radius 1 is 1.11 bits per heavy atom. The van der Waals surface area contributed by atoms with E-state index in [4.69, 9.17) is 0 Å². The average molecular weight is 405 g/mol. The Balaban J connectivity index is 1.66. The first-order valence-corrected chi connectivity index (χ1v) is 11.4. The molecule has 1 aliphatic rings. The SMILES string of the molecule is CSc1ccc(C2c3[nH]c4ccccc4c3CCN2C(=O)c2cccs2)cc1. The number of carbonyl (C=O) groups is 1. The lowest BCUT2D eigenvalue weighted by Crippen LogP contribution is -2.40. The number of hydrogen-bond acceptors (Lipinski definition) is 3. The zero-order valence-electron chi connectivity index (χ0n) is 15.5. The number of hydrogen-bond donors (Lipinski definition) is 1. The van der Waals surface area contributed by atoms with Crippen molar-refractivity contribution in [1.29, 1.82) is 0 Å². The lowest BCUT2D eigenvalue weighted by Gasteiger charge is -2.36. The maximum absolute atomic E-state index is 13.3. The number of aromatic amines is 1. The van der Waals surface area contributed by atoms with Gasteiger partial charge in [-0.05, 0) is 53.4 Å². The number of para-hydroxylation sites is 1. The number of nitrogens with zero attached hydrogens (tertiary/aromatic N) is 1. The third kappa shape index (κ3) is 2.86. The number of thioether (sulfide) groups is 1. The molecule has 2 aromatic heterocycles. The Hall–Kier alpha value is -2.50. The summed E-state index contributed by atoms with van der Waals surface area (Å²) in [6.07, 6.45) is 2.95. The van der Waals surface area contributed by atoms with E-state index in [0.29, 0.717) is 0 Å². The summed E-state index contributed by atoms with van der Waals surface area (Å²) in [5.41, 5.74) is 4.78. The van der Waals surface area contributed by atoms with E-state index in [1.54, 1.807) is 11.8 Å². The maximum atomic E-state index is 13.3. The maximum Gasteiger partial charge on any atom is 0.264 e. The van der Waals surface area contributed by atoms with E-state index >= 15 is 0 Å². The van der Waals surface area contributed by atoms with Crippen LogP contribution in [-0.4, -0.2) is 28.6 Å². The molecule has 3 heterocycles. The average Bonchev–Trinajstić information content (AvgIpc) is 3.40. The number of carbonyl (C=O) groups excluding carboxylic acids is 1. The van der Waals surface area contributed by atoms with E-state index in [1.165, 1.54) is 27.2 Å². The fraction of sp³-hybridized carbons (Fsp3) is 0.174. The summed E-state index contributed by atoms with van der Waals surface area (Å²) in [5.74, 6) is 0.109. The quantitative estimate of drug-likeness (QED) is 0.442. The van der Waals surface area contributed by atoms with Gasteiger partial charge < -0.3 is 9.88 Å². The van der Waals surface area contributed by atoms with Gasteiger partial charge in [-0.15, -0.1) is 23.1 Å². The lowest BCUT2D eigenvalue weighted by molar-refractivity contribution is 0.0697. The van der Waals surface area contributed by atoms with Crippen LogP contribution in [0, 0.1) is 0 Å². The van der Waals surface area contributed by atoms with E-state index in [1.807, 2.05) is 22.4 Å². The number of aromatic nitrogens is 1. The van der Waals surface area contributed by atoms with Gasteiger partial charge in [0, 0.05) is 28.0 Å². The summed E-state index contributed by atoms with van der Waals surface area (Å²) in [6, 6.07) is 20.8. The first-order valence-electron chi connectivity index (χ1n) is 9.34. The van der Waals surface area contributed by atoms with Crippen LogP contribution in [0.4, 0.5) is 0 Å². The van der Waals surface area contributed by atoms with Crippen LogP contribution in [0.25, 0.3) is 10.9 Å². The molecule has 0 saturated carbocycles. The molecule has 0 fully saturated rings. The van der Waals surface area contributed by atoms with Crippen LogP contribution in [0.15, 0.2) is 70.9 Å². The van der Waals surface area contributed by atoms with Gasteiger partial charge in [0.1, 0.15) is 0 Å². The van der Waals surface area contributed by atoms with Crippen molar-refractivity contribution in [3.05, 3.63) is 87.7 Å². The van der Waals surface area contributed by atoms with Gasteiger partial charge in [-0.25, -0.2) is 0 Å². The van der Waals surface area contributed by atoms with Gasteiger partial charge in [0.05, 0.1) is 10.9 Å². The molecular weight excluding hydrogens is 384 g/mol. The molecule has 0 saturated heterocycles. The zero-order valence-corrected chi connectivity index (χ0v) is 17.1. The topological polar surface area (TPSA) is 36.1 Å². The molecule has 1 unspecified atom stereocenters. The Morgan fingerprint density at radius 2 is 1.93 bits per heavy atom. The Morgan fingerprint density at radius 3 is 2.68 bits per heavy atom. The van der Waals surface area contributed by atoms with Crippen LogP contribution in [0.5, 0.6) is 0 Å². The Labute approximate surface area is 172 Å². The first kappa shape index (κ1) is 17.6. The number of fused-ring (bicyclic) bond motifs is 3. The van der Waals surface area contributed by atoms with E-state index in [0.717, 1.165) is 34.6 Å². The molecular formula is C23H20N2OS2. The van der Waals surface area contributed by atoms with E-state index in [2.05, 4.69) is 59.8 Å². The normalized spacial score (nSPS) is 16.3. The third-order valence-corrected chi connectivity index (χ3v) is 7.06. The molecule has 1 aliphatic heterocycles. The number of nitrogens with one attached hydrogen (secondary N) is 1.